The average Bonchev–Trinajstić information content (AvgIpc) is 2.44. The van der Waals surface area contributed by atoms with Gasteiger partial charge < -0.3 is 15.7 Å². The molecule has 2 amide bonds. The minimum absolute atomic E-state index is 0.347. The number of carbonyl (C=O) groups excluding carboxylic acids is 1. The lowest BCUT2D eigenvalue weighted by atomic mass is 10.0. The number of benzene rings is 2. The van der Waals surface area contributed by atoms with Crippen LogP contribution in [0.5, 0.6) is 0 Å². The zero-order chi connectivity index (χ0) is 14.5. The molecule has 0 spiro atoms. The Balaban J connectivity index is 2.06. The van der Waals surface area contributed by atoms with Crippen molar-refractivity contribution in [2.75, 3.05) is 0 Å². The summed E-state index contributed by atoms with van der Waals surface area (Å²) in [5, 5.41) is 15.6. The van der Waals surface area contributed by atoms with Crippen LogP contribution in [0.4, 0.5) is 4.79 Å². The Bertz CT molecular complexity index is 635. The first-order chi connectivity index (χ1) is 9.58. The highest BCUT2D eigenvalue weighted by Crippen LogP contribution is 2.18. The molecule has 0 bridgehead atoms. The van der Waals surface area contributed by atoms with Crippen molar-refractivity contribution in [2.45, 2.75) is 19.5 Å². The molecule has 0 heterocycles. The van der Waals surface area contributed by atoms with Crippen molar-refractivity contribution in [1.29, 1.82) is 0 Å². The summed E-state index contributed by atoms with van der Waals surface area (Å²) in [6.07, 6.45) is -1.21. The minimum Gasteiger partial charge on any atom is -0.465 e. The SMILES string of the molecule is C[C@H](NC(=O)O)C(=O)NCc1cccc2ccccc12. The summed E-state index contributed by atoms with van der Waals surface area (Å²) < 4.78 is 0. The van der Waals surface area contributed by atoms with E-state index in [1.165, 1.54) is 6.92 Å². The van der Waals surface area contributed by atoms with Crippen LogP contribution >= 0.6 is 0 Å². The first-order valence-corrected chi connectivity index (χ1v) is 6.32. The van der Waals surface area contributed by atoms with Crippen LogP contribution in [-0.2, 0) is 11.3 Å². The molecule has 5 nitrogen and oxygen atoms in total. The van der Waals surface area contributed by atoms with Gasteiger partial charge in [-0.2, -0.15) is 0 Å². The smallest absolute Gasteiger partial charge is 0.405 e. The van der Waals surface area contributed by atoms with Gasteiger partial charge in [-0.15, -0.1) is 0 Å². The van der Waals surface area contributed by atoms with Crippen molar-refractivity contribution >= 4 is 22.8 Å². The molecule has 104 valence electrons. The van der Waals surface area contributed by atoms with Crippen molar-refractivity contribution < 1.29 is 14.7 Å². The Labute approximate surface area is 116 Å². The second-order valence-electron chi connectivity index (χ2n) is 4.53. The van der Waals surface area contributed by atoms with Gasteiger partial charge in [0.15, 0.2) is 0 Å². The normalized spacial score (nSPS) is 11.8. The summed E-state index contributed by atoms with van der Waals surface area (Å²) in [5.41, 5.74) is 0.999. The molecule has 0 aliphatic rings. The number of amides is 2. The highest BCUT2D eigenvalue weighted by Gasteiger charge is 2.14. The number of carbonyl (C=O) groups is 2. The molecule has 0 saturated heterocycles. The van der Waals surface area contributed by atoms with E-state index in [-0.39, 0.29) is 5.91 Å². The van der Waals surface area contributed by atoms with Crippen molar-refractivity contribution in [2.24, 2.45) is 0 Å². The van der Waals surface area contributed by atoms with Crippen LogP contribution in [0.3, 0.4) is 0 Å². The van der Waals surface area contributed by atoms with E-state index in [2.05, 4.69) is 10.6 Å². The van der Waals surface area contributed by atoms with E-state index < -0.39 is 12.1 Å². The molecular weight excluding hydrogens is 256 g/mol. The third-order valence-electron chi connectivity index (χ3n) is 3.07. The van der Waals surface area contributed by atoms with E-state index >= 15 is 0 Å². The quantitative estimate of drug-likeness (QED) is 0.797. The van der Waals surface area contributed by atoms with E-state index in [1.807, 2.05) is 42.5 Å². The highest BCUT2D eigenvalue weighted by atomic mass is 16.4. The van der Waals surface area contributed by atoms with E-state index in [9.17, 15) is 9.59 Å². The maximum Gasteiger partial charge on any atom is 0.405 e. The highest BCUT2D eigenvalue weighted by molar-refractivity contribution is 5.87. The second kappa shape index (κ2) is 6.06. The predicted molar refractivity (Wildman–Crippen MR) is 76.4 cm³/mol. The fourth-order valence-electron chi connectivity index (χ4n) is 2.03. The lowest BCUT2D eigenvalue weighted by molar-refractivity contribution is -0.122. The second-order valence-corrected chi connectivity index (χ2v) is 4.53. The van der Waals surface area contributed by atoms with E-state index in [0.29, 0.717) is 6.54 Å². The molecule has 0 radical (unpaired) electrons. The lowest BCUT2D eigenvalue weighted by Gasteiger charge is -2.13. The van der Waals surface area contributed by atoms with Crippen molar-refractivity contribution in [3.8, 4) is 0 Å². The number of rotatable bonds is 4. The summed E-state index contributed by atoms with van der Waals surface area (Å²) in [6.45, 7) is 1.87. The van der Waals surface area contributed by atoms with Gasteiger partial charge in [0.2, 0.25) is 5.91 Å². The summed E-state index contributed by atoms with van der Waals surface area (Å²) in [4.78, 5) is 22.2. The van der Waals surface area contributed by atoms with Crippen LogP contribution in [0.15, 0.2) is 42.5 Å². The monoisotopic (exact) mass is 272 g/mol. The van der Waals surface area contributed by atoms with Crippen molar-refractivity contribution in [3.63, 3.8) is 0 Å². The van der Waals surface area contributed by atoms with E-state index in [4.69, 9.17) is 5.11 Å². The van der Waals surface area contributed by atoms with Gasteiger partial charge in [0.1, 0.15) is 6.04 Å². The van der Waals surface area contributed by atoms with Crippen LogP contribution in [0.2, 0.25) is 0 Å². The molecular formula is C15H16N2O3. The van der Waals surface area contributed by atoms with Gasteiger partial charge in [0, 0.05) is 6.54 Å². The molecule has 0 aromatic heterocycles. The van der Waals surface area contributed by atoms with Crippen molar-refractivity contribution in [1.82, 2.24) is 10.6 Å². The fourth-order valence-corrected chi connectivity index (χ4v) is 2.03. The Morgan fingerprint density at radius 2 is 1.85 bits per heavy atom. The predicted octanol–water partition coefficient (Wildman–Crippen LogP) is 2.11. The number of hydrogen-bond acceptors (Lipinski definition) is 2. The maximum atomic E-state index is 11.8. The zero-order valence-electron chi connectivity index (χ0n) is 11.1. The van der Waals surface area contributed by atoms with Gasteiger partial charge in [-0.05, 0) is 23.3 Å². The molecule has 3 N–H and O–H groups in total. The molecule has 0 unspecified atom stereocenters. The Morgan fingerprint density at radius 1 is 1.15 bits per heavy atom. The molecule has 2 aromatic carbocycles. The Hall–Kier alpha value is -2.56. The summed E-state index contributed by atoms with van der Waals surface area (Å²) in [7, 11) is 0. The standard InChI is InChI=1S/C15H16N2O3/c1-10(17-15(19)20)14(18)16-9-12-7-4-6-11-5-2-3-8-13(11)12/h2-8,10,17H,9H2,1H3,(H,16,18)(H,19,20)/t10-/m0/s1. The van der Waals surface area contributed by atoms with Gasteiger partial charge >= 0.3 is 6.09 Å². The minimum atomic E-state index is -1.21. The summed E-state index contributed by atoms with van der Waals surface area (Å²) in [6, 6.07) is 13.0. The van der Waals surface area contributed by atoms with Crippen LogP contribution in [0, 0.1) is 0 Å². The Morgan fingerprint density at radius 3 is 2.60 bits per heavy atom. The zero-order valence-corrected chi connectivity index (χ0v) is 11.1. The average molecular weight is 272 g/mol. The van der Waals surface area contributed by atoms with Crippen LogP contribution in [0.25, 0.3) is 10.8 Å². The van der Waals surface area contributed by atoms with Gasteiger partial charge in [0.05, 0.1) is 0 Å². The Kier molecular flexibility index (Phi) is 4.20. The topological polar surface area (TPSA) is 78.4 Å². The fraction of sp³-hybridized carbons (Fsp3) is 0.200. The summed E-state index contributed by atoms with van der Waals surface area (Å²) >= 11 is 0. The number of hydrogen-bond donors (Lipinski definition) is 3. The van der Waals surface area contributed by atoms with Crippen molar-refractivity contribution in [3.05, 3.63) is 48.0 Å². The molecule has 0 aliphatic carbocycles. The van der Waals surface area contributed by atoms with E-state index in [1.54, 1.807) is 0 Å². The van der Waals surface area contributed by atoms with Crippen LogP contribution in [-0.4, -0.2) is 23.1 Å². The lowest BCUT2D eigenvalue weighted by Crippen LogP contribution is -2.44. The number of carboxylic acid groups (broad SMARTS) is 1. The van der Waals surface area contributed by atoms with Gasteiger partial charge in [-0.25, -0.2) is 4.79 Å². The molecule has 2 rings (SSSR count). The molecule has 20 heavy (non-hydrogen) atoms. The first kappa shape index (κ1) is 13.9. The number of nitrogens with one attached hydrogen (secondary N) is 2. The number of fused-ring (bicyclic) bond motifs is 1. The molecule has 0 aliphatic heterocycles. The maximum absolute atomic E-state index is 11.8. The third-order valence-corrected chi connectivity index (χ3v) is 3.07. The third kappa shape index (κ3) is 3.26. The molecule has 0 fully saturated rings. The molecule has 2 aromatic rings. The molecule has 1 atom stereocenters. The van der Waals surface area contributed by atoms with Gasteiger partial charge in [-0.3, -0.25) is 4.79 Å². The van der Waals surface area contributed by atoms with Crippen LogP contribution in [0.1, 0.15) is 12.5 Å². The molecule has 5 heteroatoms. The largest absolute Gasteiger partial charge is 0.465 e. The summed E-state index contributed by atoms with van der Waals surface area (Å²) in [5.74, 6) is -0.347. The van der Waals surface area contributed by atoms with Crippen LogP contribution < -0.4 is 10.6 Å². The van der Waals surface area contributed by atoms with Gasteiger partial charge in [-0.1, -0.05) is 42.5 Å². The van der Waals surface area contributed by atoms with Gasteiger partial charge in [0.25, 0.3) is 0 Å². The first-order valence-electron chi connectivity index (χ1n) is 6.32. The van der Waals surface area contributed by atoms with E-state index in [0.717, 1.165) is 16.3 Å². The molecule has 0 saturated carbocycles.